The summed E-state index contributed by atoms with van der Waals surface area (Å²) in [6.45, 7) is 4.72. The number of oxime groups is 1. The van der Waals surface area contributed by atoms with E-state index in [0.717, 1.165) is 12.1 Å². The summed E-state index contributed by atoms with van der Waals surface area (Å²) in [6.07, 6.45) is 0.688. The summed E-state index contributed by atoms with van der Waals surface area (Å²) in [5.74, 6) is -0.748. The molecule has 1 saturated heterocycles. The molecule has 1 aliphatic rings. The first kappa shape index (κ1) is 27.5. The summed E-state index contributed by atoms with van der Waals surface area (Å²) >= 11 is 0. The molecule has 9 nitrogen and oxygen atoms in total. The van der Waals surface area contributed by atoms with Crippen molar-refractivity contribution in [1.29, 1.82) is 0 Å². The molecule has 9 heteroatoms. The summed E-state index contributed by atoms with van der Waals surface area (Å²) in [6, 6.07) is 22.8. The van der Waals surface area contributed by atoms with E-state index in [1.807, 2.05) is 6.07 Å². The first-order valence-corrected chi connectivity index (χ1v) is 12.9. The van der Waals surface area contributed by atoms with Crippen molar-refractivity contribution in [1.82, 2.24) is 16.0 Å². The number of hydrogen-bond acceptors (Lipinski definition) is 6. The minimum atomic E-state index is -0.682. The zero-order chi connectivity index (χ0) is 27.8. The van der Waals surface area contributed by atoms with Gasteiger partial charge in [0.1, 0.15) is 6.04 Å². The number of nitrogens with zero attached hydrogens (tertiary/aromatic N) is 1. The number of hydrogen-bond donors (Lipinski definition) is 4. The van der Waals surface area contributed by atoms with E-state index in [1.54, 1.807) is 61.5 Å². The molecule has 1 fully saturated rings. The molecule has 0 aromatic heterocycles. The highest BCUT2D eigenvalue weighted by Gasteiger charge is 2.31. The topological polar surface area (TPSA) is 135 Å². The van der Waals surface area contributed by atoms with E-state index in [1.165, 1.54) is 11.1 Å². The van der Waals surface area contributed by atoms with E-state index in [2.05, 4.69) is 46.2 Å². The van der Waals surface area contributed by atoms with Crippen LogP contribution in [0.1, 0.15) is 51.9 Å². The molecule has 39 heavy (non-hydrogen) atoms. The highest BCUT2D eigenvalue weighted by Crippen LogP contribution is 2.26. The number of amides is 2. The predicted molar refractivity (Wildman–Crippen MR) is 149 cm³/mol. The van der Waals surface area contributed by atoms with E-state index >= 15 is 0 Å². The van der Waals surface area contributed by atoms with Crippen LogP contribution in [-0.2, 0) is 21.0 Å². The summed E-state index contributed by atoms with van der Waals surface area (Å²) in [7, 11) is 0. The number of carbonyl (C=O) groups excluding carboxylic acids is 3. The van der Waals surface area contributed by atoms with E-state index in [9.17, 15) is 14.4 Å². The molecule has 0 aliphatic carbocycles. The fourth-order valence-electron chi connectivity index (χ4n) is 4.40. The average molecular weight is 528 g/mol. The van der Waals surface area contributed by atoms with E-state index in [0.29, 0.717) is 17.5 Å². The minimum absolute atomic E-state index is 0.0522. The molecule has 0 bridgehead atoms. The molecule has 0 spiro atoms. The van der Waals surface area contributed by atoms with Gasteiger partial charge < -0.3 is 26.5 Å². The summed E-state index contributed by atoms with van der Waals surface area (Å²) < 4.78 is 0. The zero-order valence-corrected chi connectivity index (χ0v) is 22.0. The number of carbonyl (C=O) groups is 3. The molecule has 4 rings (SSSR count). The van der Waals surface area contributed by atoms with Gasteiger partial charge >= 0.3 is 5.97 Å². The van der Waals surface area contributed by atoms with Crippen LogP contribution in [-0.4, -0.2) is 42.2 Å². The van der Waals surface area contributed by atoms with Gasteiger partial charge in [0.15, 0.2) is 5.84 Å². The summed E-state index contributed by atoms with van der Waals surface area (Å²) in [5.41, 5.74) is 10.1. The molecule has 2 amide bonds. The normalized spacial score (nSPS) is 17.7. The molecular formula is C30H33N5O4. The van der Waals surface area contributed by atoms with Crippen LogP contribution >= 0.6 is 0 Å². The van der Waals surface area contributed by atoms with Crippen LogP contribution < -0.4 is 21.7 Å². The first-order chi connectivity index (χ1) is 18.8. The largest absolute Gasteiger partial charge is 0.380 e. The molecule has 0 radical (unpaired) electrons. The van der Waals surface area contributed by atoms with Crippen molar-refractivity contribution in [2.24, 2.45) is 10.9 Å². The van der Waals surface area contributed by atoms with Gasteiger partial charge in [-0.05, 0) is 49.4 Å². The summed E-state index contributed by atoms with van der Waals surface area (Å²) in [4.78, 5) is 42.3. The lowest BCUT2D eigenvalue weighted by Crippen LogP contribution is -2.49. The summed E-state index contributed by atoms with van der Waals surface area (Å²) in [5, 5.41) is 12.6. The maximum Gasteiger partial charge on any atom is 0.365 e. The van der Waals surface area contributed by atoms with Gasteiger partial charge in [-0.15, -0.1) is 0 Å². The number of rotatable bonds is 9. The van der Waals surface area contributed by atoms with Gasteiger partial charge in [0.05, 0.1) is 11.6 Å². The number of nitrogens with two attached hydrogens (primary N) is 1. The quantitative estimate of drug-likeness (QED) is 0.146. The fraction of sp³-hybridized carbons (Fsp3) is 0.267. The van der Waals surface area contributed by atoms with Crippen LogP contribution in [0.5, 0.6) is 0 Å². The Bertz CT molecular complexity index is 1340. The number of nitrogens with one attached hydrogen (secondary N) is 3. The molecular weight excluding hydrogens is 494 g/mol. The molecule has 3 aromatic rings. The highest BCUT2D eigenvalue weighted by molar-refractivity contribution is 5.98. The van der Waals surface area contributed by atoms with E-state index in [4.69, 9.17) is 10.6 Å². The van der Waals surface area contributed by atoms with Crippen LogP contribution in [0.25, 0.3) is 0 Å². The molecule has 5 N–H and O–H groups in total. The van der Waals surface area contributed by atoms with Crippen LogP contribution in [0.2, 0.25) is 0 Å². The van der Waals surface area contributed by atoms with Gasteiger partial charge in [-0.1, -0.05) is 77.4 Å². The van der Waals surface area contributed by atoms with Crippen molar-refractivity contribution in [3.05, 3.63) is 107 Å². The third-order valence-electron chi connectivity index (χ3n) is 6.67. The minimum Gasteiger partial charge on any atom is -0.380 e. The Balaban J connectivity index is 1.22. The Morgan fingerprint density at radius 2 is 1.77 bits per heavy atom. The maximum absolute atomic E-state index is 12.7. The Morgan fingerprint density at radius 1 is 1.03 bits per heavy atom. The Morgan fingerprint density at radius 3 is 2.49 bits per heavy atom. The van der Waals surface area contributed by atoms with Crippen LogP contribution in [0.4, 0.5) is 0 Å². The van der Waals surface area contributed by atoms with Crippen molar-refractivity contribution in [2.45, 2.75) is 44.8 Å². The average Bonchev–Trinajstić information content (AvgIpc) is 3.46. The van der Waals surface area contributed by atoms with Crippen molar-refractivity contribution in [2.75, 3.05) is 6.54 Å². The number of amidine groups is 1. The molecule has 3 atom stereocenters. The highest BCUT2D eigenvalue weighted by atomic mass is 16.7. The lowest BCUT2D eigenvalue weighted by molar-refractivity contribution is -0.129. The lowest BCUT2D eigenvalue weighted by atomic mass is 9.95. The second kappa shape index (κ2) is 12.8. The van der Waals surface area contributed by atoms with Crippen LogP contribution in [0.3, 0.4) is 0 Å². The van der Waals surface area contributed by atoms with Crippen LogP contribution in [0, 0.1) is 6.92 Å². The Labute approximate surface area is 227 Å². The standard InChI is InChI=1S/C30H33N5O4/c1-19-7-6-10-24(15-19)25-16-26(32-18-25)29(37)34-20(2)28(36)33-17-21-11-13-22(14-12-21)27(31)35-39-30(38)23-8-4-3-5-9-23/h3-15,20,25-26,32H,16-18H2,1-2H3,(H2,31,35)(H,33,36)(H,34,37)/t20-,25-,26+/m0/s1. The lowest BCUT2D eigenvalue weighted by Gasteiger charge is -2.17. The zero-order valence-electron chi connectivity index (χ0n) is 22.0. The number of benzene rings is 3. The molecule has 1 aliphatic heterocycles. The predicted octanol–water partition coefficient (Wildman–Crippen LogP) is 2.74. The maximum atomic E-state index is 12.7. The second-order valence-corrected chi connectivity index (χ2v) is 9.67. The van der Waals surface area contributed by atoms with E-state index < -0.39 is 12.0 Å². The van der Waals surface area contributed by atoms with Crippen LogP contribution in [0.15, 0.2) is 84.0 Å². The van der Waals surface area contributed by atoms with Crippen molar-refractivity contribution < 1.29 is 19.2 Å². The van der Waals surface area contributed by atoms with Gasteiger partial charge in [0.25, 0.3) is 0 Å². The van der Waals surface area contributed by atoms with E-state index in [-0.39, 0.29) is 36.2 Å². The molecule has 202 valence electrons. The third-order valence-corrected chi connectivity index (χ3v) is 6.67. The second-order valence-electron chi connectivity index (χ2n) is 9.67. The molecule has 0 unspecified atom stereocenters. The van der Waals surface area contributed by atoms with Gasteiger partial charge in [0.2, 0.25) is 11.8 Å². The van der Waals surface area contributed by atoms with Crippen molar-refractivity contribution >= 4 is 23.6 Å². The monoisotopic (exact) mass is 527 g/mol. The van der Waals surface area contributed by atoms with Gasteiger partial charge in [-0.25, -0.2) is 4.79 Å². The van der Waals surface area contributed by atoms with Crippen molar-refractivity contribution in [3.8, 4) is 0 Å². The fourth-order valence-corrected chi connectivity index (χ4v) is 4.40. The Kier molecular flexibility index (Phi) is 9.06. The molecule has 0 saturated carbocycles. The first-order valence-electron chi connectivity index (χ1n) is 12.9. The number of aryl methyl sites for hydroxylation is 1. The Hall–Kier alpha value is -4.50. The van der Waals surface area contributed by atoms with Crippen molar-refractivity contribution in [3.63, 3.8) is 0 Å². The molecule has 1 heterocycles. The smallest absolute Gasteiger partial charge is 0.365 e. The van der Waals surface area contributed by atoms with Gasteiger partial charge in [0, 0.05) is 18.7 Å². The van der Waals surface area contributed by atoms with Gasteiger partial charge in [-0.2, -0.15) is 0 Å². The SMILES string of the molecule is Cc1cccc([C@@H]2CN[C@@H](C(=O)N[C@@H](C)C(=O)NCc3ccc(C(N)=NOC(=O)c4ccccc4)cc3)C2)c1. The third kappa shape index (κ3) is 7.52. The molecule has 3 aromatic carbocycles. The van der Waals surface area contributed by atoms with Gasteiger partial charge in [-0.3, -0.25) is 9.59 Å².